The first kappa shape index (κ1) is 16.0. The highest BCUT2D eigenvalue weighted by atomic mass is 79.9. The zero-order chi connectivity index (χ0) is 14.3. The van der Waals surface area contributed by atoms with Gasteiger partial charge in [0.1, 0.15) is 0 Å². The van der Waals surface area contributed by atoms with Crippen LogP contribution in [0.1, 0.15) is 19.3 Å². The first-order chi connectivity index (χ1) is 8.99. The van der Waals surface area contributed by atoms with Crippen LogP contribution in [0.5, 0.6) is 0 Å². The summed E-state index contributed by atoms with van der Waals surface area (Å²) in [6, 6.07) is -0.107. The molecule has 19 heavy (non-hydrogen) atoms. The number of likely N-dealkylation sites (tertiary alicyclic amines) is 1. The van der Waals surface area contributed by atoms with Gasteiger partial charge in [-0.15, -0.1) is 0 Å². The minimum atomic E-state index is -0.855. The second-order valence-corrected chi connectivity index (χ2v) is 5.50. The number of nitrogens with zero attached hydrogens (tertiary/aromatic N) is 1. The van der Waals surface area contributed by atoms with Crippen LogP contribution in [0.15, 0.2) is 11.1 Å². The van der Waals surface area contributed by atoms with Crippen LogP contribution >= 0.6 is 15.9 Å². The Hall–Kier alpha value is -1.08. The van der Waals surface area contributed by atoms with Crippen molar-refractivity contribution in [1.82, 2.24) is 10.2 Å². The number of carboxylic acids is 1. The van der Waals surface area contributed by atoms with E-state index in [-0.39, 0.29) is 25.2 Å². The first-order valence-corrected chi connectivity index (χ1v) is 6.97. The first-order valence-electron chi connectivity index (χ1n) is 6.18. The summed E-state index contributed by atoms with van der Waals surface area (Å²) in [5, 5.41) is 11.3. The van der Waals surface area contributed by atoms with Gasteiger partial charge in [-0.3, -0.25) is 4.79 Å². The van der Waals surface area contributed by atoms with E-state index in [1.807, 2.05) is 0 Å². The zero-order valence-electron chi connectivity index (χ0n) is 10.7. The van der Waals surface area contributed by atoms with Crippen LogP contribution in [0, 0.1) is 0 Å². The van der Waals surface area contributed by atoms with Crippen molar-refractivity contribution in [3.8, 4) is 0 Å². The number of carbonyl (C=O) groups is 2. The van der Waals surface area contributed by atoms with Gasteiger partial charge in [0.25, 0.3) is 0 Å². The quantitative estimate of drug-likeness (QED) is 0.772. The van der Waals surface area contributed by atoms with E-state index in [1.165, 1.54) is 0 Å². The van der Waals surface area contributed by atoms with Gasteiger partial charge in [0.15, 0.2) is 0 Å². The molecule has 0 radical (unpaired) electrons. The lowest BCUT2D eigenvalue weighted by atomic mass is 10.1. The Labute approximate surface area is 120 Å². The molecule has 0 aromatic heterocycles. The van der Waals surface area contributed by atoms with Crippen molar-refractivity contribution in [2.45, 2.75) is 25.4 Å². The Balaban J connectivity index is 2.19. The normalized spacial score (nSPS) is 16.2. The lowest BCUT2D eigenvalue weighted by molar-refractivity contribution is -0.138. The monoisotopic (exact) mass is 334 g/mol. The molecule has 1 aliphatic heterocycles. The second kappa shape index (κ2) is 8.16. The standard InChI is InChI=1S/C12H19BrN2O4/c1-9(13)8-14-12(18)15-5-2-10(3-6-15)19-7-4-11(16)17/h10H,1-8H2,(H,14,18)(H,16,17). The summed E-state index contributed by atoms with van der Waals surface area (Å²) in [6.45, 7) is 5.54. The summed E-state index contributed by atoms with van der Waals surface area (Å²) in [5.41, 5.74) is 0. The predicted molar refractivity (Wildman–Crippen MR) is 74.3 cm³/mol. The summed E-state index contributed by atoms with van der Waals surface area (Å²) in [7, 11) is 0. The number of hydrogen-bond donors (Lipinski definition) is 2. The number of urea groups is 1. The maximum atomic E-state index is 11.7. The molecular formula is C12H19BrN2O4. The van der Waals surface area contributed by atoms with Crippen molar-refractivity contribution >= 4 is 27.9 Å². The van der Waals surface area contributed by atoms with Crippen LogP contribution < -0.4 is 5.32 Å². The van der Waals surface area contributed by atoms with Crippen molar-refractivity contribution in [2.75, 3.05) is 26.2 Å². The average molecular weight is 335 g/mol. The number of carboxylic acid groups (broad SMARTS) is 1. The van der Waals surface area contributed by atoms with Crippen molar-refractivity contribution in [3.05, 3.63) is 11.1 Å². The number of ether oxygens (including phenoxy) is 1. The second-order valence-electron chi connectivity index (χ2n) is 4.38. The van der Waals surface area contributed by atoms with Crippen molar-refractivity contribution in [1.29, 1.82) is 0 Å². The maximum absolute atomic E-state index is 11.7. The molecule has 0 aromatic rings. The van der Waals surface area contributed by atoms with Gasteiger partial charge in [-0.1, -0.05) is 22.5 Å². The van der Waals surface area contributed by atoms with E-state index in [9.17, 15) is 9.59 Å². The van der Waals surface area contributed by atoms with Crippen molar-refractivity contribution in [3.63, 3.8) is 0 Å². The molecule has 0 saturated carbocycles. The van der Waals surface area contributed by atoms with Crippen LogP contribution in [0.25, 0.3) is 0 Å². The molecule has 0 atom stereocenters. The van der Waals surface area contributed by atoms with Crippen LogP contribution in [-0.2, 0) is 9.53 Å². The maximum Gasteiger partial charge on any atom is 0.317 e. The summed E-state index contributed by atoms with van der Waals surface area (Å²) < 4.78 is 6.19. The molecule has 0 spiro atoms. The van der Waals surface area contributed by atoms with Gasteiger partial charge in [-0.2, -0.15) is 0 Å². The number of rotatable bonds is 6. The highest BCUT2D eigenvalue weighted by Crippen LogP contribution is 2.14. The van der Waals surface area contributed by atoms with E-state index in [2.05, 4.69) is 27.8 Å². The van der Waals surface area contributed by atoms with E-state index >= 15 is 0 Å². The number of halogens is 1. The minimum Gasteiger partial charge on any atom is -0.481 e. The molecule has 0 unspecified atom stereocenters. The number of aliphatic carboxylic acids is 1. The number of piperidine rings is 1. The van der Waals surface area contributed by atoms with Crippen LogP contribution in [0.4, 0.5) is 4.79 Å². The third kappa shape index (κ3) is 6.58. The van der Waals surface area contributed by atoms with Gasteiger partial charge in [-0.05, 0) is 12.8 Å². The Kier molecular flexibility index (Phi) is 6.86. The molecule has 1 fully saturated rings. The highest BCUT2D eigenvalue weighted by Gasteiger charge is 2.23. The van der Waals surface area contributed by atoms with Crippen molar-refractivity contribution in [2.24, 2.45) is 0 Å². The SMILES string of the molecule is C=C(Br)CNC(=O)N1CCC(OCCC(=O)O)CC1. The summed E-state index contributed by atoms with van der Waals surface area (Å²) >= 11 is 3.18. The fourth-order valence-corrected chi connectivity index (χ4v) is 1.96. The molecule has 0 aromatic carbocycles. The molecule has 1 aliphatic rings. The molecule has 2 amide bonds. The fourth-order valence-electron chi connectivity index (χ4n) is 1.82. The van der Waals surface area contributed by atoms with Crippen LogP contribution in [0.3, 0.4) is 0 Å². The van der Waals surface area contributed by atoms with Gasteiger partial charge < -0.3 is 20.1 Å². The Morgan fingerprint density at radius 3 is 2.58 bits per heavy atom. The average Bonchev–Trinajstić information content (AvgIpc) is 2.36. The predicted octanol–water partition coefficient (Wildman–Crippen LogP) is 1.56. The van der Waals surface area contributed by atoms with Gasteiger partial charge in [-0.25, -0.2) is 4.79 Å². The topological polar surface area (TPSA) is 78.9 Å². The van der Waals surface area contributed by atoms with E-state index in [0.29, 0.717) is 19.6 Å². The molecule has 108 valence electrons. The number of nitrogens with one attached hydrogen (secondary N) is 1. The Morgan fingerprint density at radius 1 is 1.42 bits per heavy atom. The van der Waals surface area contributed by atoms with E-state index in [4.69, 9.17) is 9.84 Å². The minimum absolute atomic E-state index is 0.0219. The number of carbonyl (C=O) groups excluding carboxylic acids is 1. The van der Waals surface area contributed by atoms with Gasteiger partial charge in [0.2, 0.25) is 0 Å². The largest absolute Gasteiger partial charge is 0.481 e. The summed E-state index contributed by atoms with van der Waals surface area (Å²) in [5.74, 6) is -0.855. The van der Waals surface area contributed by atoms with Gasteiger partial charge in [0, 0.05) is 17.6 Å². The van der Waals surface area contributed by atoms with Gasteiger partial charge >= 0.3 is 12.0 Å². The third-order valence-corrected chi connectivity index (χ3v) is 3.11. The summed E-state index contributed by atoms with van der Waals surface area (Å²) in [4.78, 5) is 23.8. The molecule has 1 rings (SSSR count). The molecule has 6 nitrogen and oxygen atoms in total. The fraction of sp³-hybridized carbons (Fsp3) is 0.667. The van der Waals surface area contributed by atoms with E-state index < -0.39 is 5.97 Å². The lowest BCUT2D eigenvalue weighted by Gasteiger charge is -2.31. The van der Waals surface area contributed by atoms with E-state index in [0.717, 1.165) is 17.3 Å². The third-order valence-electron chi connectivity index (χ3n) is 2.83. The molecule has 7 heteroatoms. The smallest absolute Gasteiger partial charge is 0.317 e. The molecule has 1 heterocycles. The van der Waals surface area contributed by atoms with E-state index in [1.54, 1.807) is 4.90 Å². The number of hydrogen-bond acceptors (Lipinski definition) is 3. The molecule has 1 saturated heterocycles. The number of amides is 2. The molecule has 0 aliphatic carbocycles. The highest BCUT2D eigenvalue weighted by molar-refractivity contribution is 9.11. The lowest BCUT2D eigenvalue weighted by Crippen LogP contribution is -2.46. The molecular weight excluding hydrogens is 316 g/mol. The molecule has 0 bridgehead atoms. The van der Waals surface area contributed by atoms with Crippen LogP contribution in [-0.4, -0.2) is 54.4 Å². The van der Waals surface area contributed by atoms with Crippen molar-refractivity contribution < 1.29 is 19.4 Å². The Morgan fingerprint density at radius 2 is 2.05 bits per heavy atom. The van der Waals surface area contributed by atoms with Crippen LogP contribution in [0.2, 0.25) is 0 Å². The summed E-state index contributed by atoms with van der Waals surface area (Å²) in [6.07, 6.45) is 1.55. The molecule has 2 N–H and O–H groups in total. The zero-order valence-corrected chi connectivity index (χ0v) is 12.3. The Bertz CT molecular complexity index is 341. The van der Waals surface area contributed by atoms with Gasteiger partial charge in [0.05, 0.1) is 25.7 Å².